The Labute approximate surface area is 244 Å². The van der Waals surface area contributed by atoms with Crippen molar-refractivity contribution in [3.8, 4) is 28.2 Å². The van der Waals surface area contributed by atoms with Crippen molar-refractivity contribution in [2.45, 2.75) is 40.5 Å². The van der Waals surface area contributed by atoms with Gasteiger partial charge in [0.05, 0.1) is 5.57 Å². The molecule has 6 rings (SSSR count). The molecule has 0 saturated heterocycles. The summed E-state index contributed by atoms with van der Waals surface area (Å²) in [6, 6.07) is 33.0. The van der Waals surface area contributed by atoms with E-state index in [-0.39, 0.29) is 0 Å². The first kappa shape index (κ1) is 26.6. The lowest BCUT2D eigenvalue weighted by atomic mass is 9.92. The molecular formula is C38H38N3+3. The van der Waals surface area contributed by atoms with Crippen LogP contribution in [-0.2, 0) is 7.05 Å². The molecule has 0 unspecified atom stereocenters. The highest BCUT2D eigenvalue weighted by atomic mass is 15.0. The van der Waals surface area contributed by atoms with Crippen LogP contribution < -0.4 is 13.7 Å². The summed E-state index contributed by atoms with van der Waals surface area (Å²) < 4.78 is 6.98. The topological polar surface area (TPSA) is 11.6 Å². The van der Waals surface area contributed by atoms with Gasteiger partial charge in [0.1, 0.15) is 12.6 Å². The third-order valence-electron chi connectivity index (χ3n) is 8.15. The highest BCUT2D eigenvalue weighted by Gasteiger charge is 2.31. The summed E-state index contributed by atoms with van der Waals surface area (Å²) >= 11 is 0. The first-order valence-corrected chi connectivity index (χ1v) is 14.5. The largest absolute Gasteiger partial charge is 0.225 e. The molecule has 5 aromatic rings. The Morgan fingerprint density at radius 1 is 0.561 bits per heavy atom. The van der Waals surface area contributed by atoms with Crippen molar-refractivity contribution in [2.24, 2.45) is 7.05 Å². The van der Waals surface area contributed by atoms with E-state index in [0.29, 0.717) is 0 Å². The molecule has 0 aliphatic heterocycles. The lowest BCUT2D eigenvalue weighted by molar-refractivity contribution is -0.661. The fraction of sp³-hybridized carbons (Fsp3) is 0.184. The molecule has 0 atom stereocenters. The molecule has 3 heteroatoms. The van der Waals surface area contributed by atoms with Crippen LogP contribution in [0.2, 0.25) is 0 Å². The predicted molar refractivity (Wildman–Crippen MR) is 167 cm³/mol. The second kappa shape index (κ2) is 11.1. The number of nitrogens with zero attached hydrogens (tertiary/aromatic N) is 3. The Kier molecular flexibility index (Phi) is 7.19. The van der Waals surface area contributed by atoms with Gasteiger partial charge in [0, 0.05) is 54.1 Å². The molecule has 202 valence electrons. The van der Waals surface area contributed by atoms with E-state index in [1.165, 1.54) is 67.4 Å². The first-order chi connectivity index (χ1) is 19.9. The number of aryl methyl sites for hydroxylation is 4. The Hall–Kier alpha value is -4.63. The third kappa shape index (κ3) is 5.16. The lowest BCUT2D eigenvalue weighted by Gasteiger charge is -2.16. The molecular weight excluding hydrogens is 498 g/mol. The van der Waals surface area contributed by atoms with Crippen LogP contribution in [0.4, 0.5) is 0 Å². The van der Waals surface area contributed by atoms with Crippen molar-refractivity contribution in [3.05, 3.63) is 144 Å². The predicted octanol–water partition coefficient (Wildman–Crippen LogP) is 7.44. The van der Waals surface area contributed by atoms with E-state index in [9.17, 15) is 0 Å². The number of pyridine rings is 3. The van der Waals surface area contributed by atoms with Crippen LogP contribution in [-0.4, -0.2) is 0 Å². The van der Waals surface area contributed by atoms with E-state index in [1.54, 1.807) is 0 Å². The summed E-state index contributed by atoms with van der Waals surface area (Å²) in [5, 5.41) is 0. The Bertz CT molecular complexity index is 1840. The Morgan fingerprint density at radius 2 is 1.20 bits per heavy atom. The van der Waals surface area contributed by atoms with Crippen LogP contribution in [0, 0.1) is 20.8 Å². The molecule has 0 fully saturated rings. The zero-order valence-electron chi connectivity index (χ0n) is 24.7. The number of hydrogen-bond acceptors (Lipinski definition) is 0. The molecule has 0 bridgehead atoms. The van der Waals surface area contributed by atoms with Gasteiger partial charge < -0.3 is 0 Å². The summed E-state index contributed by atoms with van der Waals surface area (Å²) in [6.45, 7) is 8.80. The van der Waals surface area contributed by atoms with Crippen molar-refractivity contribution in [2.75, 3.05) is 0 Å². The molecule has 3 nitrogen and oxygen atoms in total. The highest BCUT2D eigenvalue weighted by molar-refractivity contribution is 5.84. The third-order valence-corrected chi connectivity index (χ3v) is 8.15. The van der Waals surface area contributed by atoms with Crippen LogP contribution in [0.5, 0.6) is 0 Å². The number of rotatable bonds is 5. The van der Waals surface area contributed by atoms with Crippen molar-refractivity contribution in [1.29, 1.82) is 0 Å². The summed E-state index contributed by atoms with van der Waals surface area (Å²) in [5.74, 6) is 0. The average molecular weight is 537 g/mol. The molecule has 1 aliphatic carbocycles. The molecule has 2 aromatic carbocycles. The van der Waals surface area contributed by atoms with E-state index in [1.807, 2.05) is 0 Å². The first-order valence-electron chi connectivity index (χ1n) is 14.5. The molecule has 1 aliphatic rings. The van der Waals surface area contributed by atoms with Gasteiger partial charge in [0.2, 0.25) is 28.5 Å². The molecule has 0 saturated carbocycles. The summed E-state index contributed by atoms with van der Waals surface area (Å²) in [6.07, 6.45) is 11.0. The average Bonchev–Trinajstić information content (AvgIpc) is 2.98. The summed E-state index contributed by atoms with van der Waals surface area (Å²) in [4.78, 5) is 0. The highest BCUT2D eigenvalue weighted by Crippen LogP contribution is 2.33. The lowest BCUT2D eigenvalue weighted by Crippen LogP contribution is -2.40. The van der Waals surface area contributed by atoms with Gasteiger partial charge >= 0.3 is 0 Å². The number of allylic oxidation sites excluding steroid dienone is 4. The monoisotopic (exact) mass is 536 g/mol. The Balaban J connectivity index is 1.61. The molecule has 3 heterocycles. The van der Waals surface area contributed by atoms with Crippen LogP contribution in [0.15, 0.2) is 121 Å². The molecule has 0 amide bonds. The summed E-state index contributed by atoms with van der Waals surface area (Å²) in [7, 11) is 2.12. The normalized spacial score (nSPS) is 13.3. The van der Waals surface area contributed by atoms with Crippen molar-refractivity contribution < 1.29 is 13.7 Å². The molecule has 41 heavy (non-hydrogen) atoms. The van der Waals surface area contributed by atoms with Crippen LogP contribution in [0.25, 0.3) is 39.5 Å². The van der Waals surface area contributed by atoms with Gasteiger partial charge in [-0.1, -0.05) is 29.3 Å². The van der Waals surface area contributed by atoms with E-state index in [4.69, 9.17) is 0 Å². The van der Waals surface area contributed by atoms with Crippen molar-refractivity contribution in [1.82, 2.24) is 0 Å². The second-order valence-electron chi connectivity index (χ2n) is 11.3. The van der Waals surface area contributed by atoms with E-state index >= 15 is 0 Å². The fourth-order valence-corrected chi connectivity index (χ4v) is 6.05. The molecule has 3 aromatic heterocycles. The van der Waals surface area contributed by atoms with Crippen molar-refractivity contribution in [3.63, 3.8) is 0 Å². The van der Waals surface area contributed by atoms with Gasteiger partial charge in [-0.3, -0.25) is 0 Å². The van der Waals surface area contributed by atoms with Gasteiger partial charge in [0.15, 0.2) is 18.6 Å². The van der Waals surface area contributed by atoms with E-state index < -0.39 is 0 Å². The Morgan fingerprint density at radius 3 is 1.93 bits per heavy atom. The summed E-state index contributed by atoms with van der Waals surface area (Å²) in [5.41, 5.74) is 15.1. The van der Waals surface area contributed by atoms with Gasteiger partial charge in [-0.2, -0.15) is 9.13 Å². The maximum Gasteiger partial charge on any atom is 0.225 e. The number of hydrogen-bond donors (Lipinski definition) is 0. The minimum Gasteiger partial charge on any atom is -0.201 e. The van der Waals surface area contributed by atoms with E-state index in [2.05, 4.69) is 164 Å². The van der Waals surface area contributed by atoms with Crippen molar-refractivity contribution >= 4 is 11.3 Å². The number of aromatic nitrogens is 3. The zero-order valence-corrected chi connectivity index (χ0v) is 24.7. The van der Waals surface area contributed by atoms with E-state index in [0.717, 1.165) is 12.8 Å². The molecule has 0 radical (unpaired) electrons. The van der Waals surface area contributed by atoms with Gasteiger partial charge in [-0.25, -0.2) is 4.57 Å². The van der Waals surface area contributed by atoms with Gasteiger partial charge in [-0.05, 0) is 82.0 Å². The zero-order chi connectivity index (χ0) is 28.5. The quantitative estimate of drug-likeness (QED) is 0.207. The van der Waals surface area contributed by atoms with Crippen LogP contribution in [0.1, 0.15) is 42.1 Å². The fourth-order valence-electron chi connectivity index (χ4n) is 6.05. The van der Waals surface area contributed by atoms with Gasteiger partial charge in [-0.15, -0.1) is 0 Å². The molecule has 0 spiro atoms. The smallest absolute Gasteiger partial charge is 0.201 e. The SMILES string of the molecule is CC1=CC([n+]2ccccc2-c2ccc(C)cc2C)=C(c2cccc[n+]2-c2cc(C)ccc2-c2cccc[n+]2C)CC1. The van der Waals surface area contributed by atoms with Crippen LogP contribution in [0.3, 0.4) is 0 Å². The minimum absolute atomic E-state index is 0.982. The molecule has 0 N–H and O–H groups in total. The van der Waals surface area contributed by atoms with Crippen LogP contribution >= 0.6 is 0 Å². The minimum atomic E-state index is 0.982. The second-order valence-corrected chi connectivity index (χ2v) is 11.3. The standard InChI is InChI=1S/C38H38N3/c1-27-15-18-31(30(4)24-27)35-13-7-10-22-40(35)38-26-29(3)17-20-33(38)36-14-8-11-23-41(36)37-25-28(2)16-19-32(37)34-12-6-9-21-39(34)5/h6-16,18-19,21-26H,17,20H2,1-5H3/q+3. The number of benzene rings is 2. The maximum atomic E-state index is 2.39. The maximum absolute atomic E-state index is 2.39. The van der Waals surface area contributed by atoms with Gasteiger partial charge in [0.25, 0.3) is 0 Å².